The van der Waals surface area contributed by atoms with Gasteiger partial charge in [0.05, 0.1) is 0 Å². The van der Waals surface area contributed by atoms with Gasteiger partial charge in [0, 0.05) is 58.9 Å². The molecule has 2 aliphatic heterocycles. The van der Waals surface area contributed by atoms with Gasteiger partial charge in [-0.05, 0) is 61.5 Å². The van der Waals surface area contributed by atoms with E-state index in [0.717, 1.165) is 0 Å². The highest BCUT2D eigenvalue weighted by molar-refractivity contribution is 7.97. The van der Waals surface area contributed by atoms with Crippen LogP contribution in [-0.4, -0.2) is 35.5 Å². The van der Waals surface area contributed by atoms with Crippen molar-refractivity contribution in [2.75, 3.05) is 31.1 Å². The summed E-state index contributed by atoms with van der Waals surface area (Å²) in [7, 11) is 0. The van der Waals surface area contributed by atoms with Crippen LogP contribution in [0, 0.1) is 0 Å². The van der Waals surface area contributed by atoms with Crippen molar-refractivity contribution in [1.29, 1.82) is 0 Å². The lowest BCUT2D eigenvalue weighted by atomic mass is 10.1. The van der Waals surface area contributed by atoms with E-state index >= 15 is 0 Å². The second-order valence-corrected chi connectivity index (χ2v) is 8.19. The molecule has 25 heavy (non-hydrogen) atoms. The number of H-pyrrole nitrogens is 1. The van der Waals surface area contributed by atoms with E-state index in [2.05, 4.69) is 62.7 Å². The van der Waals surface area contributed by atoms with Crippen LogP contribution >= 0.6 is 11.9 Å². The highest BCUT2D eigenvalue weighted by atomic mass is 32.2. The smallest absolute Gasteiger partial charge is 0.0486 e. The fourth-order valence-corrected chi connectivity index (χ4v) is 4.81. The largest absolute Gasteiger partial charge is 0.371 e. The van der Waals surface area contributed by atoms with E-state index in [1.165, 1.54) is 78.2 Å². The molecule has 2 saturated heterocycles. The fourth-order valence-electron chi connectivity index (χ4n) is 3.77. The molecule has 0 radical (unpaired) electrons. The number of aromatic nitrogens is 1. The Labute approximate surface area is 153 Å². The van der Waals surface area contributed by atoms with Crippen LogP contribution in [0.25, 0.3) is 22.2 Å². The summed E-state index contributed by atoms with van der Waals surface area (Å²) in [5.41, 5.74) is 5.15. The lowest BCUT2D eigenvalue weighted by Crippen LogP contribution is -2.30. The molecule has 0 atom stereocenters. The molecule has 3 nitrogen and oxygen atoms in total. The summed E-state index contributed by atoms with van der Waals surface area (Å²) in [5, 5.41) is 1.28. The standard InChI is InChI=1S/C21H23N3S/c1-2-7-19-16(6-1)14-20(22-19)18-15-17(25-24-12-5-13-24)8-9-21(18)23-10-3-4-11-23/h1-2,6-9,14-15,22H,3-5,10-13H2. The molecule has 0 spiro atoms. The van der Waals surface area contributed by atoms with Crippen LogP contribution in [-0.2, 0) is 0 Å². The molecule has 3 aromatic rings. The number of fused-ring (bicyclic) bond motifs is 1. The lowest BCUT2D eigenvalue weighted by molar-refractivity contribution is 0.344. The number of hydrogen-bond acceptors (Lipinski definition) is 3. The minimum absolute atomic E-state index is 1.17. The molecule has 1 N–H and O–H groups in total. The third-order valence-electron chi connectivity index (χ3n) is 5.28. The Kier molecular flexibility index (Phi) is 3.95. The molecule has 128 valence electrons. The molecule has 4 heteroatoms. The van der Waals surface area contributed by atoms with Gasteiger partial charge in [0.1, 0.15) is 0 Å². The van der Waals surface area contributed by atoms with Crippen LogP contribution in [0.1, 0.15) is 19.3 Å². The maximum atomic E-state index is 3.63. The Bertz CT molecular complexity index is 858. The van der Waals surface area contributed by atoms with Crippen molar-refractivity contribution in [1.82, 2.24) is 9.29 Å². The summed E-state index contributed by atoms with van der Waals surface area (Å²) in [6.07, 6.45) is 3.93. The molecule has 0 saturated carbocycles. The van der Waals surface area contributed by atoms with E-state index in [4.69, 9.17) is 0 Å². The maximum Gasteiger partial charge on any atom is 0.0486 e. The van der Waals surface area contributed by atoms with Crippen molar-refractivity contribution in [3.63, 3.8) is 0 Å². The summed E-state index contributed by atoms with van der Waals surface area (Å²) >= 11 is 1.90. The number of anilines is 1. The molecule has 2 aromatic carbocycles. The molecule has 5 rings (SSSR count). The van der Waals surface area contributed by atoms with Crippen LogP contribution in [0.15, 0.2) is 53.4 Å². The number of nitrogens with one attached hydrogen (secondary N) is 1. The zero-order valence-corrected chi connectivity index (χ0v) is 15.2. The van der Waals surface area contributed by atoms with Crippen LogP contribution < -0.4 is 4.90 Å². The van der Waals surface area contributed by atoms with Gasteiger partial charge >= 0.3 is 0 Å². The van der Waals surface area contributed by atoms with Crippen molar-refractivity contribution in [3.8, 4) is 11.3 Å². The lowest BCUT2D eigenvalue weighted by Gasteiger charge is -2.29. The van der Waals surface area contributed by atoms with Crippen molar-refractivity contribution in [2.24, 2.45) is 0 Å². The Morgan fingerprint density at radius 1 is 0.840 bits per heavy atom. The monoisotopic (exact) mass is 349 g/mol. The predicted octanol–water partition coefficient (Wildman–Crippen LogP) is 5.15. The van der Waals surface area contributed by atoms with Crippen LogP contribution in [0.4, 0.5) is 5.69 Å². The maximum absolute atomic E-state index is 3.63. The summed E-state index contributed by atoms with van der Waals surface area (Å²) < 4.78 is 2.44. The molecule has 0 bridgehead atoms. The average Bonchev–Trinajstić information content (AvgIpc) is 3.27. The van der Waals surface area contributed by atoms with E-state index in [9.17, 15) is 0 Å². The summed E-state index contributed by atoms with van der Waals surface area (Å²) in [5.74, 6) is 0. The zero-order valence-electron chi connectivity index (χ0n) is 14.4. The summed E-state index contributed by atoms with van der Waals surface area (Å²) in [6, 6.07) is 17.8. The Morgan fingerprint density at radius 2 is 1.68 bits per heavy atom. The normalized spacial score (nSPS) is 18.0. The van der Waals surface area contributed by atoms with Gasteiger partial charge < -0.3 is 9.88 Å². The third kappa shape index (κ3) is 2.94. The van der Waals surface area contributed by atoms with E-state index in [1.807, 2.05) is 11.9 Å². The molecule has 0 aliphatic carbocycles. The van der Waals surface area contributed by atoms with Gasteiger partial charge in [-0.25, -0.2) is 4.31 Å². The molecule has 2 fully saturated rings. The fraction of sp³-hybridized carbons (Fsp3) is 0.333. The molecule has 0 amide bonds. The van der Waals surface area contributed by atoms with Crippen molar-refractivity contribution in [2.45, 2.75) is 24.2 Å². The van der Waals surface area contributed by atoms with Crippen molar-refractivity contribution < 1.29 is 0 Å². The van der Waals surface area contributed by atoms with Gasteiger partial charge in [-0.3, -0.25) is 0 Å². The molecule has 1 aromatic heterocycles. The van der Waals surface area contributed by atoms with Gasteiger partial charge in [-0.2, -0.15) is 0 Å². The second kappa shape index (κ2) is 6.43. The number of hydrogen-bond donors (Lipinski definition) is 1. The number of rotatable bonds is 4. The summed E-state index contributed by atoms with van der Waals surface area (Å²) in [6.45, 7) is 4.76. The van der Waals surface area contributed by atoms with E-state index < -0.39 is 0 Å². The highest BCUT2D eigenvalue weighted by Crippen LogP contribution is 2.38. The Balaban J connectivity index is 1.58. The predicted molar refractivity (Wildman–Crippen MR) is 107 cm³/mol. The summed E-state index contributed by atoms with van der Waals surface area (Å²) in [4.78, 5) is 7.52. The molecule has 0 unspecified atom stereocenters. The van der Waals surface area contributed by atoms with Gasteiger partial charge in [-0.15, -0.1) is 0 Å². The first-order valence-corrected chi connectivity index (χ1v) is 10.0. The van der Waals surface area contributed by atoms with Crippen LogP contribution in [0.3, 0.4) is 0 Å². The SMILES string of the molecule is c1ccc2[nH]c(-c3cc(SN4CCC4)ccc3N3CCCC3)cc2c1. The number of nitrogens with zero attached hydrogens (tertiary/aromatic N) is 2. The highest BCUT2D eigenvalue weighted by Gasteiger charge is 2.20. The van der Waals surface area contributed by atoms with Gasteiger partial charge in [-0.1, -0.05) is 18.2 Å². The Morgan fingerprint density at radius 3 is 2.44 bits per heavy atom. The molecule has 3 heterocycles. The van der Waals surface area contributed by atoms with E-state index in [0.29, 0.717) is 0 Å². The Hall–Kier alpha value is -1.91. The third-order valence-corrected chi connectivity index (χ3v) is 6.37. The van der Waals surface area contributed by atoms with E-state index in [-0.39, 0.29) is 0 Å². The first kappa shape index (κ1) is 15.4. The zero-order chi connectivity index (χ0) is 16.6. The van der Waals surface area contributed by atoms with Crippen molar-refractivity contribution >= 4 is 28.5 Å². The van der Waals surface area contributed by atoms with Gasteiger partial charge in [0.15, 0.2) is 0 Å². The number of aromatic amines is 1. The first-order valence-electron chi connectivity index (χ1n) is 9.27. The quantitative estimate of drug-likeness (QED) is 0.659. The van der Waals surface area contributed by atoms with Gasteiger partial charge in [0.2, 0.25) is 0 Å². The van der Waals surface area contributed by atoms with Crippen LogP contribution in [0.5, 0.6) is 0 Å². The first-order chi connectivity index (χ1) is 12.4. The molecular formula is C21H23N3S. The minimum Gasteiger partial charge on any atom is -0.371 e. The number of para-hydroxylation sites is 1. The number of benzene rings is 2. The minimum atomic E-state index is 1.17. The molecule has 2 aliphatic rings. The van der Waals surface area contributed by atoms with Crippen LogP contribution in [0.2, 0.25) is 0 Å². The van der Waals surface area contributed by atoms with E-state index in [1.54, 1.807) is 0 Å². The molecular weight excluding hydrogens is 326 g/mol. The second-order valence-electron chi connectivity index (χ2n) is 7.02. The van der Waals surface area contributed by atoms with Gasteiger partial charge in [0.25, 0.3) is 0 Å². The average molecular weight is 350 g/mol. The van der Waals surface area contributed by atoms with Crippen molar-refractivity contribution in [3.05, 3.63) is 48.5 Å². The topological polar surface area (TPSA) is 22.3 Å².